The molecule has 0 bridgehead atoms. The fraction of sp³-hybridized carbons (Fsp3) is 0.500. The van der Waals surface area contributed by atoms with Crippen molar-refractivity contribution in [2.75, 3.05) is 0 Å². The van der Waals surface area contributed by atoms with E-state index in [9.17, 15) is 4.57 Å². The van der Waals surface area contributed by atoms with E-state index in [-0.39, 0.29) is 18.3 Å². The lowest BCUT2D eigenvalue weighted by Crippen LogP contribution is -2.24. The average molecular weight is 449 g/mol. The first-order valence-corrected chi connectivity index (χ1v) is 13.1. The number of benzene rings is 2. The molecule has 0 saturated heterocycles. The van der Waals surface area contributed by atoms with Gasteiger partial charge in [0.1, 0.15) is 0 Å². The van der Waals surface area contributed by atoms with Crippen LogP contribution in [0.15, 0.2) is 59.5 Å². The Bertz CT molecular complexity index is 826. The van der Waals surface area contributed by atoms with E-state index in [1.165, 1.54) is 30.4 Å². The highest BCUT2D eigenvalue weighted by Gasteiger charge is 2.34. The van der Waals surface area contributed by atoms with E-state index in [2.05, 4.69) is 24.3 Å². The van der Waals surface area contributed by atoms with Crippen molar-refractivity contribution in [3.05, 3.63) is 60.2 Å². The Balaban J connectivity index is 1.81. The molecule has 2 atom stereocenters. The first-order valence-electron chi connectivity index (χ1n) is 10.8. The minimum absolute atomic E-state index is 0.121. The van der Waals surface area contributed by atoms with Gasteiger partial charge < -0.3 is 13.2 Å². The standard InChI is InChI=1S/C24H33O4PS/c1-18(2)26-29(25,27-19(3)4)23-16-10-11-17-24(23)30-28-22-15-9-8-14-21(22)20-12-6-5-7-13-20/h5-7,10-13,16-19,21-22H,8-9,14-15H2,1-4H3/t21-,22+/m0/s1. The third kappa shape index (κ3) is 6.21. The van der Waals surface area contributed by atoms with Gasteiger partial charge in [-0.25, -0.2) is 0 Å². The predicted octanol–water partition coefficient (Wildman–Crippen LogP) is 7.11. The van der Waals surface area contributed by atoms with E-state index in [1.54, 1.807) is 0 Å². The molecule has 2 aromatic rings. The topological polar surface area (TPSA) is 44.8 Å². The van der Waals surface area contributed by atoms with Gasteiger partial charge in [0.05, 0.1) is 28.5 Å². The molecule has 1 aliphatic carbocycles. The molecule has 0 aromatic heterocycles. The lowest BCUT2D eigenvalue weighted by molar-refractivity contribution is 0.149. The molecule has 0 amide bonds. The van der Waals surface area contributed by atoms with Gasteiger partial charge in [0, 0.05) is 18.0 Å². The Labute approximate surface area is 185 Å². The van der Waals surface area contributed by atoms with Crippen LogP contribution in [0.5, 0.6) is 0 Å². The van der Waals surface area contributed by atoms with E-state index in [0.717, 1.165) is 17.7 Å². The fourth-order valence-corrected chi connectivity index (χ4v) is 7.05. The zero-order valence-corrected chi connectivity index (χ0v) is 20.0. The molecule has 1 fully saturated rings. The molecular formula is C24H33O4PS. The van der Waals surface area contributed by atoms with Crippen molar-refractivity contribution in [1.82, 2.24) is 0 Å². The summed E-state index contributed by atoms with van der Waals surface area (Å²) in [5.41, 5.74) is 1.33. The SMILES string of the molecule is CC(C)OP(=O)(OC(C)C)c1ccccc1SO[C@@H]1CCCC[C@H]1c1ccccc1. The quantitative estimate of drug-likeness (QED) is 0.302. The van der Waals surface area contributed by atoms with E-state index < -0.39 is 7.60 Å². The Morgan fingerprint density at radius 3 is 2.13 bits per heavy atom. The summed E-state index contributed by atoms with van der Waals surface area (Å²) in [5, 5.41) is 0.574. The molecule has 0 spiro atoms. The van der Waals surface area contributed by atoms with Crippen LogP contribution < -0.4 is 5.30 Å². The Kier molecular flexibility index (Phi) is 8.62. The maximum Gasteiger partial charge on any atom is 0.363 e. The van der Waals surface area contributed by atoms with Crippen LogP contribution in [0.3, 0.4) is 0 Å². The van der Waals surface area contributed by atoms with Crippen LogP contribution >= 0.6 is 19.6 Å². The van der Waals surface area contributed by atoms with Gasteiger partial charge in [-0.2, -0.15) is 0 Å². The Morgan fingerprint density at radius 1 is 0.867 bits per heavy atom. The summed E-state index contributed by atoms with van der Waals surface area (Å²) in [6.45, 7) is 7.48. The summed E-state index contributed by atoms with van der Waals surface area (Å²) >= 11 is 1.30. The third-order valence-electron chi connectivity index (χ3n) is 5.05. The highest BCUT2D eigenvalue weighted by Crippen LogP contribution is 2.51. The van der Waals surface area contributed by atoms with E-state index in [4.69, 9.17) is 13.2 Å². The molecule has 164 valence electrons. The van der Waals surface area contributed by atoms with Crippen LogP contribution in [0.1, 0.15) is 64.9 Å². The first-order chi connectivity index (χ1) is 14.4. The third-order valence-corrected chi connectivity index (χ3v) is 8.46. The summed E-state index contributed by atoms with van der Waals surface area (Å²) in [7, 11) is -3.47. The van der Waals surface area contributed by atoms with E-state index >= 15 is 0 Å². The molecule has 6 heteroatoms. The molecule has 0 unspecified atom stereocenters. The normalized spacial score (nSPS) is 20.1. The molecule has 1 aliphatic rings. The average Bonchev–Trinajstić information content (AvgIpc) is 2.72. The lowest BCUT2D eigenvalue weighted by atomic mass is 9.82. The summed E-state index contributed by atoms with van der Waals surface area (Å²) in [6, 6.07) is 18.2. The molecule has 30 heavy (non-hydrogen) atoms. The molecule has 2 aromatic carbocycles. The van der Waals surface area contributed by atoms with Gasteiger partial charge in [0.15, 0.2) is 0 Å². The zero-order valence-electron chi connectivity index (χ0n) is 18.3. The summed E-state index contributed by atoms with van der Waals surface area (Å²) in [4.78, 5) is 0.791. The van der Waals surface area contributed by atoms with Crippen LogP contribution in [0, 0.1) is 0 Å². The van der Waals surface area contributed by atoms with E-state index in [0.29, 0.717) is 11.2 Å². The van der Waals surface area contributed by atoms with Crippen molar-refractivity contribution >= 4 is 24.9 Å². The van der Waals surface area contributed by atoms with Crippen molar-refractivity contribution in [3.8, 4) is 0 Å². The lowest BCUT2D eigenvalue weighted by Gasteiger charge is -2.31. The number of hydrogen-bond donors (Lipinski definition) is 0. The summed E-state index contributed by atoms with van der Waals surface area (Å²) in [6.07, 6.45) is 4.24. The Hall–Kier alpha value is -1.10. The van der Waals surface area contributed by atoms with Crippen LogP contribution in [0.2, 0.25) is 0 Å². The van der Waals surface area contributed by atoms with Gasteiger partial charge in [0.2, 0.25) is 0 Å². The largest absolute Gasteiger partial charge is 0.363 e. The fourth-order valence-electron chi connectivity index (χ4n) is 3.85. The van der Waals surface area contributed by atoms with Crippen molar-refractivity contribution in [1.29, 1.82) is 0 Å². The van der Waals surface area contributed by atoms with Gasteiger partial charge in [-0.05, 0) is 58.2 Å². The van der Waals surface area contributed by atoms with Crippen molar-refractivity contribution in [3.63, 3.8) is 0 Å². The van der Waals surface area contributed by atoms with Gasteiger partial charge in [-0.15, -0.1) is 0 Å². The van der Waals surface area contributed by atoms with Gasteiger partial charge in [-0.1, -0.05) is 55.3 Å². The first kappa shape index (κ1) is 23.6. The molecule has 0 aliphatic heterocycles. The second-order valence-electron chi connectivity index (χ2n) is 8.29. The van der Waals surface area contributed by atoms with Gasteiger partial charge >= 0.3 is 7.60 Å². The van der Waals surface area contributed by atoms with Crippen LogP contribution in [-0.2, 0) is 17.8 Å². The summed E-state index contributed by atoms with van der Waals surface area (Å²) < 4.78 is 31.7. The maximum absolute atomic E-state index is 13.7. The predicted molar refractivity (Wildman–Crippen MR) is 125 cm³/mol. The molecule has 0 N–H and O–H groups in total. The minimum atomic E-state index is -3.47. The minimum Gasteiger partial charge on any atom is -0.306 e. The van der Waals surface area contributed by atoms with Crippen LogP contribution in [-0.4, -0.2) is 18.3 Å². The molecular weight excluding hydrogens is 415 g/mol. The number of rotatable bonds is 9. The van der Waals surface area contributed by atoms with Crippen LogP contribution in [0.25, 0.3) is 0 Å². The molecule has 1 saturated carbocycles. The Morgan fingerprint density at radius 2 is 1.47 bits per heavy atom. The second-order valence-corrected chi connectivity index (χ2v) is 11.0. The van der Waals surface area contributed by atoms with Gasteiger partial charge in [-0.3, -0.25) is 4.57 Å². The van der Waals surface area contributed by atoms with Crippen molar-refractivity contribution in [2.45, 2.75) is 82.5 Å². The zero-order chi connectivity index (χ0) is 21.6. The van der Waals surface area contributed by atoms with E-state index in [1.807, 2.05) is 58.0 Å². The second kappa shape index (κ2) is 11.0. The smallest absolute Gasteiger partial charge is 0.306 e. The molecule has 0 heterocycles. The van der Waals surface area contributed by atoms with Crippen LogP contribution in [0.4, 0.5) is 0 Å². The van der Waals surface area contributed by atoms with Crippen molar-refractivity contribution in [2.24, 2.45) is 0 Å². The highest BCUT2D eigenvalue weighted by atomic mass is 32.2. The summed E-state index contributed by atoms with van der Waals surface area (Å²) in [5.74, 6) is 0.380. The molecule has 3 rings (SSSR count). The number of hydrogen-bond acceptors (Lipinski definition) is 5. The van der Waals surface area contributed by atoms with Crippen molar-refractivity contribution < 1.29 is 17.8 Å². The molecule has 4 nitrogen and oxygen atoms in total. The van der Waals surface area contributed by atoms with Gasteiger partial charge in [0.25, 0.3) is 0 Å². The highest BCUT2D eigenvalue weighted by molar-refractivity contribution is 7.95. The maximum atomic E-state index is 13.7. The monoisotopic (exact) mass is 448 g/mol. The molecule has 0 radical (unpaired) electrons.